The Morgan fingerprint density at radius 3 is 2.05 bits per heavy atom. The zero-order valence-corrected chi connectivity index (χ0v) is 12.4. The smallest absolute Gasteiger partial charge is 0.227 e. The predicted octanol–water partition coefficient (Wildman–Crippen LogP) is 1.94. The first-order valence-electron chi connectivity index (χ1n) is 7.47. The molecule has 0 spiro atoms. The molecule has 4 heteroatoms. The van der Waals surface area contributed by atoms with Crippen molar-refractivity contribution in [3.63, 3.8) is 0 Å². The standard InChI is InChI=1S/C15H26N2O2/c1-15(2,3)14(19)17-9-7-12(8-10-17)16-13(18)11-5-4-6-11/h11-12H,4-10H2,1-3H3,(H,16,18). The molecule has 1 N–H and O–H groups in total. The van der Waals surface area contributed by atoms with Gasteiger partial charge in [-0.3, -0.25) is 9.59 Å². The highest BCUT2D eigenvalue weighted by Gasteiger charge is 2.32. The monoisotopic (exact) mass is 266 g/mol. The molecule has 0 aromatic carbocycles. The van der Waals surface area contributed by atoms with Gasteiger partial charge in [-0.2, -0.15) is 0 Å². The summed E-state index contributed by atoms with van der Waals surface area (Å²) >= 11 is 0. The summed E-state index contributed by atoms with van der Waals surface area (Å²) in [6, 6.07) is 0.261. The molecule has 2 rings (SSSR count). The molecular weight excluding hydrogens is 240 g/mol. The lowest BCUT2D eigenvalue weighted by Gasteiger charge is -2.37. The number of piperidine rings is 1. The number of likely N-dealkylation sites (tertiary alicyclic amines) is 1. The molecule has 0 bridgehead atoms. The molecule has 2 fully saturated rings. The number of hydrogen-bond acceptors (Lipinski definition) is 2. The largest absolute Gasteiger partial charge is 0.353 e. The molecular formula is C15H26N2O2. The summed E-state index contributed by atoms with van der Waals surface area (Å²) in [5.41, 5.74) is -0.304. The van der Waals surface area contributed by atoms with Crippen molar-refractivity contribution in [2.75, 3.05) is 13.1 Å². The van der Waals surface area contributed by atoms with E-state index in [0.29, 0.717) is 0 Å². The average molecular weight is 266 g/mol. The Kier molecular flexibility index (Phi) is 4.16. The van der Waals surface area contributed by atoms with Gasteiger partial charge in [-0.05, 0) is 25.7 Å². The van der Waals surface area contributed by atoms with Gasteiger partial charge >= 0.3 is 0 Å². The summed E-state index contributed by atoms with van der Waals surface area (Å²) in [4.78, 5) is 26.0. The van der Waals surface area contributed by atoms with Crippen molar-refractivity contribution in [3.05, 3.63) is 0 Å². The number of hydrogen-bond donors (Lipinski definition) is 1. The van der Waals surface area contributed by atoms with Gasteiger partial charge in [0, 0.05) is 30.5 Å². The third-order valence-electron chi connectivity index (χ3n) is 4.25. The molecule has 1 aliphatic carbocycles. The minimum atomic E-state index is -0.304. The van der Waals surface area contributed by atoms with Crippen LogP contribution in [0.4, 0.5) is 0 Å². The third kappa shape index (κ3) is 3.48. The van der Waals surface area contributed by atoms with Gasteiger partial charge in [0.05, 0.1) is 0 Å². The Balaban J connectivity index is 1.76. The molecule has 0 radical (unpaired) electrons. The Bertz CT molecular complexity index is 348. The molecule has 108 valence electrons. The third-order valence-corrected chi connectivity index (χ3v) is 4.25. The predicted molar refractivity (Wildman–Crippen MR) is 74.5 cm³/mol. The SMILES string of the molecule is CC(C)(C)C(=O)N1CCC(NC(=O)C2CCC2)CC1. The van der Waals surface area contributed by atoms with E-state index in [9.17, 15) is 9.59 Å². The first kappa shape index (κ1) is 14.4. The Labute approximate surface area is 115 Å². The molecule has 1 saturated carbocycles. The van der Waals surface area contributed by atoms with Crippen LogP contribution >= 0.6 is 0 Å². The minimum Gasteiger partial charge on any atom is -0.353 e. The maximum absolute atomic E-state index is 12.2. The summed E-state index contributed by atoms with van der Waals surface area (Å²) in [6.07, 6.45) is 5.07. The lowest BCUT2D eigenvalue weighted by Crippen LogP contribution is -2.50. The van der Waals surface area contributed by atoms with Gasteiger partial charge in [0.15, 0.2) is 0 Å². The second kappa shape index (κ2) is 5.51. The Hall–Kier alpha value is -1.06. The van der Waals surface area contributed by atoms with Crippen LogP contribution < -0.4 is 5.32 Å². The van der Waals surface area contributed by atoms with Crippen molar-refractivity contribution >= 4 is 11.8 Å². The highest BCUT2D eigenvalue weighted by atomic mass is 16.2. The lowest BCUT2D eigenvalue weighted by molar-refractivity contribution is -0.140. The van der Waals surface area contributed by atoms with E-state index >= 15 is 0 Å². The van der Waals surface area contributed by atoms with Crippen molar-refractivity contribution in [3.8, 4) is 0 Å². The van der Waals surface area contributed by atoms with Gasteiger partial charge in [0.2, 0.25) is 11.8 Å². The first-order chi connectivity index (χ1) is 8.88. The fourth-order valence-electron chi connectivity index (χ4n) is 2.69. The van der Waals surface area contributed by atoms with Gasteiger partial charge in [0.25, 0.3) is 0 Å². The van der Waals surface area contributed by atoms with E-state index in [-0.39, 0.29) is 29.2 Å². The van der Waals surface area contributed by atoms with E-state index in [1.54, 1.807) is 0 Å². The molecule has 1 saturated heterocycles. The number of nitrogens with one attached hydrogen (secondary N) is 1. The van der Waals surface area contributed by atoms with E-state index in [2.05, 4.69) is 5.32 Å². The number of carbonyl (C=O) groups is 2. The molecule has 0 atom stereocenters. The number of nitrogens with zero attached hydrogens (tertiary/aromatic N) is 1. The lowest BCUT2D eigenvalue weighted by atomic mass is 9.84. The Morgan fingerprint density at radius 1 is 1.05 bits per heavy atom. The van der Waals surface area contributed by atoms with Crippen molar-refractivity contribution in [2.24, 2.45) is 11.3 Å². The molecule has 0 unspecified atom stereocenters. The second-order valence-corrected chi connectivity index (χ2v) is 6.95. The van der Waals surface area contributed by atoms with E-state index in [1.807, 2.05) is 25.7 Å². The molecule has 19 heavy (non-hydrogen) atoms. The highest BCUT2D eigenvalue weighted by molar-refractivity contribution is 5.82. The first-order valence-corrected chi connectivity index (χ1v) is 7.47. The molecule has 0 aromatic heterocycles. The zero-order chi connectivity index (χ0) is 14.0. The van der Waals surface area contributed by atoms with Crippen molar-refractivity contribution in [1.82, 2.24) is 10.2 Å². The fourth-order valence-corrected chi connectivity index (χ4v) is 2.69. The van der Waals surface area contributed by atoms with Crippen molar-refractivity contribution in [2.45, 2.75) is 58.9 Å². The maximum atomic E-state index is 12.2. The summed E-state index contributed by atoms with van der Waals surface area (Å²) in [7, 11) is 0. The zero-order valence-electron chi connectivity index (χ0n) is 12.4. The summed E-state index contributed by atoms with van der Waals surface area (Å²) in [5.74, 6) is 0.706. The average Bonchev–Trinajstić information content (AvgIpc) is 2.25. The van der Waals surface area contributed by atoms with Gasteiger partial charge < -0.3 is 10.2 Å². The van der Waals surface area contributed by atoms with Crippen LogP contribution in [-0.2, 0) is 9.59 Å². The molecule has 1 aliphatic heterocycles. The Morgan fingerprint density at radius 2 is 1.63 bits per heavy atom. The van der Waals surface area contributed by atoms with Crippen LogP contribution in [0, 0.1) is 11.3 Å². The van der Waals surface area contributed by atoms with Crippen molar-refractivity contribution < 1.29 is 9.59 Å². The molecule has 2 aliphatic rings. The molecule has 2 amide bonds. The van der Waals surface area contributed by atoms with Crippen LogP contribution in [0.3, 0.4) is 0 Å². The molecule has 1 heterocycles. The maximum Gasteiger partial charge on any atom is 0.227 e. The quantitative estimate of drug-likeness (QED) is 0.830. The van der Waals surface area contributed by atoms with Crippen LogP contribution in [0.15, 0.2) is 0 Å². The summed E-state index contributed by atoms with van der Waals surface area (Å²) in [5, 5.41) is 3.14. The van der Waals surface area contributed by atoms with E-state index in [4.69, 9.17) is 0 Å². The summed E-state index contributed by atoms with van der Waals surface area (Å²) < 4.78 is 0. The van der Waals surface area contributed by atoms with Crippen LogP contribution in [0.25, 0.3) is 0 Å². The van der Waals surface area contributed by atoms with Gasteiger partial charge in [-0.1, -0.05) is 27.2 Å². The number of rotatable bonds is 2. The topological polar surface area (TPSA) is 49.4 Å². The fraction of sp³-hybridized carbons (Fsp3) is 0.867. The highest BCUT2D eigenvalue weighted by Crippen LogP contribution is 2.27. The number of amides is 2. The van der Waals surface area contributed by atoms with Gasteiger partial charge in [-0.25, -0.2) is 0 Å². The van der Waals surface area contributed by atoms with Crippen LogP contribution in [0.5, 0.6) is 0 Å². The van der Waals surface area contributed by atoms with E-state index in [0.717, 1.165) is 38.8 Å². The second-order valence-electron chi connectivity index (χ2n) is 6.95. The minimum absolute atomic E-state index is 0.219. The van der Waals surface area contributed by atoms with Gasteiger partial charge in [-0.15, -0.1) is 0 Å². The van der Waals surface area contributed by atoms with Crippen molar-refractivity contribution in [1.29, 1.82) is 0 Å². The van der Waals surface area contributed by atoms with Gasteiger partial charge in [0.1, 0.15) is 0 Å². The van der Waals surface area contributed by atoms with Crippen LogP contribution in [-0.4, -0.2) is 35.8 Å². The summed E-state index contributed by atoms with van der Waals surface area (Å²) in [6.45, 7) is 7.41. The van der Waals surface area contributed by atoms with Crippen LogP contribution in [0.1, 0.15) is 52.9 Å². The van der Waals surface area contributed by atoms with Crippen LogP contribution in [0.2, 0.25) is 0 Å². The molecule has 0 aromatic rings. The normalized spacial score (nSPS) is 21.9. The van der Waals surface area contributed by atoms with E-state index < -0.39 is 0 Å². The molecule has 4 nitrogen and oxygen atoms in total. The van der Waals surface area contributed by atoms with E-state index in [1.165, 1.54) is 6.42 Å². The number of carbonyl (C=O) groups excluding carboxylic acids is 2.